The summed E-state index contributed by atoms with van der Waals surface area (Å²) in [5, 5.41) is 0. The average Bonchev–Trinajstić information content (AvgIpc) is 2.56. The SMILES string of the molecule is O=C(CN1CCN(CC(F)(F)F)c2ccccc21)N1CCOCC1. The third-order valence-corrected chi connectivity index (χ3v) is 4.26. The van der Waals surface area contributed by atoms with Crippen molar-refractivity contribution in [3.63, 3.8) is 0 Å². The second-order valence-electron chi connectivity index (χ2n) is 5.94. The topological polar surface area (TPSA) is 36.0 Å². The van der Waals surface area contributed by atoms with E-state index in [4.69, 9.17) is 4.74 Å². The molecule has 24 heavy (non-hydrogen) atoms. The highest BCUT2D eigenvalue weighted by molar-refractivity contribution is 5.84. The molecular formula is C16H20F3N3O2. The standard InChI is InChI=1S/C16H20F3N3O2/c17-16(18,19)12-22-6-5-21(13-3-1-2-4-14(13)22)11-15(23)20-7-9-24-10-8-20/h1-4H,5-12H2. The molecule has 2 aliphatic heterocycles. The van der Waals surface area contributed by atoms with Crippen LogP contribution in [0, 0.1) is 0 Å². The second-order valence-corrected chi connectivity index (χ2v) is 5.94. The zero-order valence-corrected chi connectivity index (χ0v) is 13.3. The van der Waals surface area contributed by atoms with Crippen LogP contribution < -0.4 is 9.80 Å². The molecule has 2 heterocycles. The molecule has 1 aromatic rings. The van der Waals surface area contributed by atoms with Crippen molar-refractivity contribution in [2.75, 3.05) is 62.3 Å². The summed E-state index contributed by atoms with van der Waals surface area (Å²) in [6.07, 6.45) is -4.25. The summed E-state index contributed by atoms with van der Waals surface area (Å²) in [4.78, 5) is 17.4. The van der Waals surface area contributed by atoms with E-state index in [0.29, 0.717) is 44.2 Å². The van der Waals surface area contributed by atoms with Crippen LogP contribution in [0.4, 0.5) is 24.5 Å². The van der Waals surface area contributed by atoms with Gasteiger partial charge in [0.15, 0.2) is 0 Å². The minimum absolute atomic E-state index is 0.0163. The maximum absolute atomic E-state index is 12.8. The maximum Gasteiger partial charge on any atom is 0.405 e. The normalized spacial score (nSPS) is 18.5. The molecule has 2 aliphatic rings. The Bertz CT molecular complexity index is 588. The van der Waals surface area contributed by atoms with E-state index in [9.17, 15) is 18.0 Å². The van der Waals surface area contributed by atoms with Crippen LogP contribution in [0.5, 0.6) is 0 Å². The highest BCUT2D eigenvalue weighted by Crippen LogP contribution is 2.34. The van der Waals surface area contributed by atoms with Crippen molar-refractivity contribution in [2.45, 2.75) is 6.18 Å². The molecule has 5 nitrogen and oxygen atoms in total. The molecule has 0 aromatic heterocycles. The van der Waals surface area contributed by atoms with Gasteiger partial charge < -0.3 is 19.4 Å². The molecule has 1 amide bonds. The Morgan fingerprint density at radius 1 is 1.00 bits per heavy atom. The Kier molecular flexibility index (Phi) is 4.84. The largest absolute Gasteiger partial charge is 0.405 e. The molecule has 0 aliphatic carbocycles. The molecule has 132 valence electrons. The van der Waals surface area contributed by atoms with Gasteiger partial charge in [0.05, 0.1) is 31.1 Å². The lowest BCUT2D eigenvalue weighted by atomic mass is 10.1. The molecule has 0 N–H and O–H groups in total. The number of fused-ring (bicyclic) bond motifs is 1. The second kappa shape index (κ2) is 6.88. The Morgan fingerprint density at radius 2 is 1.58 bits per heavy atom. The van der Waals surface area contributed by atoms with Crippen molar-refractivity contribution in [3.05, 3.63) is 24.3 Å². The summed E-state index contributed by atoms with van der Waals surface area (Å²) in [5.74, 6) is -0.0163. The molecule has 0 spiro atoms. The lowest BCUT2D eigenvalue weighted by molar-refractivity contribution is -0.133. The number of carbonyl (C=O) groups is 1. The third kappa shape index (κ3) is 3.92. The number of halogens is 3. The number of benzene rings is 1. The molecular weight excluding hydrogens is 323 g/mol. The number of anilines is 2. The number of nitrogens with zero attached hydrogens (tertiary/aromatic N) is 3. The van der Waals surface area contributed by atoms with Gasteiger partial charge in [0.25, 0.3) is 0 Å². The fourth-order valence-corrected chi connectivity index (χ4v) is 3.10. The molecule has 8 heteroatoms. The highest BCUT2D eigenvalue weighted by Gasteiger charge is 2.34. The molecule has 0 unspecified atom stereocenters. The van der Waals surface area contributed by atoms with Crippen LogP contribution in [-0.4, -0.2) is 69.5 Å². The minimum Gasteiger partial charge on any atom is -0.378 e. The highest BCUT2D eigenvalue weighted by atomic mass is 19.4. The maximum atomic E-state index is 12.8. The van der Waals surface area contributed by atoms with Crippen LogP contribution in [0.15, 0.2) is 24.3 Å². The number of hydrogen-bond donors (Lipinski definition) is 0. The third-order valence-electron chi connectivity index (χ3n) is 4.26. The van der Waals surface area contributed by atoms with E-state index >= 15 is 0 Å². The van der Waals surface area contributed by atoms with Crippen molar-refractivity contribution < 1.29 is 22.7 Å². The number of carbonyl (C=O) groups excluding carboxylic acids is 1. The summed E-state index contributed by atoms with van der Waals surface area (Å²) in [6, 6.07) is 6.94. The van der Waals surface area contributed by atoms with Gasteiger partial charge in [-0.3, -0.25) is 4.79 Å². The van der Waals surface area contributed by atoms with Crippen LogP contribution in [0.25, 0.3) is 0 Å². The van der Waals surface area contributed by atoms with Crippen LogP contribution in [-0.2, 0) is 9.53 Å². The van der Waals surface area contributed by atoms with Gasteiger partial charge in [-0.1, -0.05) is 12.1 Å². The van der Waals surface area contributed by atoms with Crippen LogP contribution >= 0.6 is 0 Å². The van der Waals surface area contributed by atoms with Gasteiger partial charge >= 0.3 is 6.18 Å². The first-order chi connectivity index (χ1) is 11.4. The monoisotopic (exact) mass is 343 g/mol. The van der Waals surface area contributed by atoms with E-state index in [1.807, 2.05) is 4.90 Å². The smallest absolute Gasteiger partial charge is 0.378 e. The zero-order chi connectivity index (χ0) is 17.2. The Labute approximate surface area is 138 Å². The number of rotatable bonds is 3. The van der Waals surface area contributed by atoms with Crippen molar-refractivity contribution in [1.82, 2.24) is 4.90 Å². The van der Waals surface area contributed by atoms with Gasteiger partial charge in [-0.25, -0.2) is 0 Å². The van der Waals surface area contributed by atoms with E-state index in [2.05, 4.69) is 0 Å². The lowest BCUT2D eigenvalue weighted by Crippen LogP contribution is -2.50. The van der Waals surface area contributed by atoms with E-state index in [-0.39, 0.29) is 19.0 Å². The van der Waals surface area contributed by atoms with Crippen molar-refractivity contribution in [3.8, 4) is 0 Å². The van der Waals surface area contributed by atoms with Gasteiger partial charge in [0, 0.05) is 26.2 Å². The zero-order valence-electron chi connectivity index (χ0n) is 13.3. The molecule has 0 atom stereocenters. The summed E-state index contributed by atoms with van der Waals surface area (Å²) in [5.41, 5.74) is 1.20. The molecule has 0 saturated carbocycles. The van der Waals surface area contributed by atoms with Crippen LogP contribution in [0.1, 0.15) is 0 Å². The molecule has 1 saturated heterocycles. The van der Waals surface area contributed by atoms with Gasteiger partial charge in [0.1, 0.15) is 6.54 Å². The summed E-state index contributed by atoms with van der Waals surface area (Å²) < 4.78 is 43.5. The van der Waals surface area contributed by atoms with E-state index in [1.165, 1.54) is 4.90 Å². The first kappa shape index (κ1) is 16.9. The van der Waals surface area contributed by atoms with Crippen molar-refractivity contribution in [2.24, 2.45) is 0 Å². The molecule has 0 bridgehead atoms. The molecule has 1 fully saturated rings. The van der Waals surface area contributed by atoms with Crippen molar-refractivity contribution in [1.29, 1.82) is 0 Å². The minimum atomic E-state index is -4.25. The predicted molar refractivity (Wildman–Crippen MR) is 84.3 cm³/mol. The van der Waals surface area contributed by atoms with E-state index in [1.54, 1.807) is 29.2 Å². The molecule has 0 radical (unpaired) electrons. The number of para-hydroxylation sites is 2. The van der Waals surface area contributed by atoms with Gasteiger partial charge in [-0.05, 0) is 12.1 Å². The van der Waals surface area contributed by atoms with Gasteiger partial charge in [0.2, 0.25) is 5.91 Å². The number of hydrogen-bond acceptors (Lipinski definition) is 4. The Balaban J connectivity index is 1.73. The Hall–Kier alpha value is -1.96. The fraction of sp³-hybridized carbons (Fsp3) is 0.562. The van der Waals surface area contributed by atoms with Crippen LogP contribution in [0.2, 0.25) is 0 Å². The number of morpholine rings is 1. The molecule has 1 aromatic carbocycles. The van der Waals surface area contributed by atoms with E-state index < -0.39 is 12.7 Å². The van der Waals surface area contributed by atoms with Crippen LogP contribution in [0.3, 0.4) is 0 Å². The van der Waals surface area contributed by atoms with Crippen molar-refractivity contribution >= 4 is 17.3 Å². The number of ether oxygens (including phenoxy) is 1. The van der Waals surface area contributed by atoms with Gasteiger partial charge in [-0.15, -0.1) is 0 Å². The summed E-state index contributed by atoms with van der Waals surface area (Å²) >= 11 is 0. The summed E-state index contributed by atoms with van der Waals surface area (Å²) in [7, 11) is 0. The Morgan fingerprint density at radius 3 is 2.21 bits per heavy atom. The number of amides is 1. The number of alkyl halides is 3. The lowest BCUT2D eigenvalue weighted by Gasteiger charge is -2.39. The average molecular weight is 343 g/mol. The first-order valence-electron chi connectivity index (χ1n) is 7.95. The predicted octanol–water partition coefficient (Wildman–Crippen LogP) is 1.73. The summed E-state index contributed by atoms with van der Waals surface area (Å²) in [6.45, 7) is 2.02. The quantitative estimate of drug-likeness (QED) is 0.838. The first-order valence-corrected chi connectivity index (χ1v) is 7.95. The molecule has 3 rings (SSSR count). The fourth-order valence-electron chi connectivity index (χ4n) is 3.10. The van der Waals surface area contributed by atoms with Gasteiger partial charge in [-0.2, -0.15) is 13.2 Å². The van der Waals surface area contributed by atoms with E-state index in [0.717, 1.165) is 0 Å².